The Morgan fingerprint density at radius 3 is 2.63 bits per heavy atom. The number of nitrogens with zero attached hydrogens (tertiary/aromatic N) is 2. The summed E-state index contributed by atoms with van der Waals surface area (Å²) < 4.78 is 1.52. The molecule has 0 bridgehead atoms. The Labute approximate surface area is 170 Å². The topological polar surface area (TPSA) is 52.0 Å². The van der Waals surface area contributed by atoms with E-state index in [-0.39, 0.29) is 16.6 Å². The number of para-hydroxylation sites is 1. The fraction of sp³-hybridized carbons (Fsp3) is 0.250. The molecule has 0 amide bonds. The average Bonchev–Trinajstić information content (AvgIpc) is 2.66. The fourth-order valence-corrected chi connectivity index (χ4v) is 4.77. The number of carbonyl (C=O) groups excluding carboxylic acids is 1. The summed E-state index contributed by atoms with van der Waals surface area (Å²) in [5, 5.41) is 1.61. The highest BCUT2D eigenvalue weighted by Crippen LogP contribution is 2.33. The zero-order chi connectivity index (χ0) is 19.0. The number of thioether (sulfide) groups is 1. The van der Waals surface area contributed by atoms with Crippen LogP contribution in [0.25, 0.3) is 16.6 Å². The zero-order valence-corrected chi connectivity index (χ0v) is 16.7. The lowest BCUT2D eigenvalue weighted by atomic mass is 9.99. The van der Waals surface area contributed by atoms with Crippen LogP contribution in [0.15, 0.2) is 52.4 Å². The minimum absolute atomic E-state index is 0.180. The molecule has 2 aromatic carbocycles. The first-order chi connectivity index (χ1) is 13.0. The van der Waals surface area contributed by atoms with Gasteiger partial charge in [-0.3, -0.25) is 14.2 Å². The van der Waals surface area contributed by atoms with Gasteiger partial charge in [-0.1, -0.05) is 53.5 Å². The first-order valence-corrected chi connectivity index (χ1v) is 10.3. The molecular formula is C20H16Cl2N2O2S. The normalized spacial score (nSPS) is 17.4. The average molecular weight is 419 g/mol. The van der Waals surface area contributed by atoms with Gasteiger partial charge in [0.25, 0.3) is 5.56 Å². The number of aromatic nitrogens is 2. The van der Waals surface area contributed by atoms with Crippen molar-refractivity contribution in [3.8, 4) is 5.69 Å². The van der Waals surface area contributed by atoms with Crippen LogP contribution in [0.2, 0.25) is 10.0 Å². The Morgan fingerprint density at radius 1 is 1.04 bits per heavy atom. The van der Waals surface area contributed by atoms with Crippen LogP contribution in [-0.2, 0) is 4.79 Å². The zero-order valence-electron chi connectivity index (χ0n) is 14.3. The van der Waals surface area contributed by atoms with Gasteiger partial charge in [0, 0.05) is 6.42 Å². The minimum atomic E-state index is -0.190. The summed E-state index contributed by atoms with van der Waals surface area (Å²) in [5.74, 6) is 0.217. The standard InChI is InChI=1S/C20H16Cl2N2O2S/c21-14-10-9-12(11-15(14)22)24-19(26)13-5-1-2-6-16(13)23-20(24)27-18-8-4-3-7-17(18)25/h1-2,5-6,9-11,18H,3-4,7-8H2/t18-/m0/s1. The van der Waals surface area contributed by atoms with Crippen molar-refractivity contribution in [1.82, 2.24) is 9.55 Å². The Bertz CT molecular complexity index is 1100. The SMILES string of the molecule is O=C1CCCC[C@@H]1Sc1nc2ccccc2c(=O)n1-c1ccc(Cl)c(Cl)c1. The number of hydrogen-bond acceptors (Lipinski definition) is 4. The van der Waals surface area contributed by atoms with Gasteiger partial charge in [0.1, 0.15) is 5.78 Å². The molecular weight excluding hydrogens is 403 g/mol. The van der Waals surface area contributed by atoms with Gasteiger partial charge in [0.05, 0.1) is 31.9 Å². The van der Waals surface area contributed by atoms with Crippen LogP contribution >= 0.6 is 35.0 Å². The van der Waals surface area contributed by atoms with E-state index in [2.05, 4.69) is 0 Å². The highest BCUT2D eigenvalue weighted by atomic mass is 35.5. The lowest BCUT2D eigenvalue weighted by Gasteiger charge is -2.21. The van der Waals surface area contributed by atoms with Crippen LogP contribution in [0.5, 0.6) is 0 Å². The monoisotopic (exact) mass is 418 g/mol. The van der Waals surface area contributed by atoms with Crippen LogP contribution in [0.3, 0.4) is 0 Å². The largest absolute Gasteiger partial charge is 0.298 e. The molecule has 1 aliphatic carbocycles. The summed E-state index contributed by atoms with van der Waals surface area (Å²) >= 11 is 13.6. The van der Waals surface area contributed by atoms with Crippen molar-refractivity contribution in [1.29, 1.82) is 0 Å². The summed E-state index contributed by atoms with van der Waals surface area (Å²) in [6.07, 6.45) is 3.32. The number of halogens is 2. The number of hydrogen-bond donors (Lipinski definition) is 0. The first-order valence-electron chi connectivity index (χ1n) is 8.71. The molecule has 0 aliphatic heterocycles. The molecule has 1 heterocycles. The van der Waals surface area contributed by atoms with Crippen LogP contribution in [0, 0.1) is 0 Å². The second kappa shape index (κ2) is 7.66. The summed E-state index contributed by atoms with van der Waals surface area (Å²) in [7, 11) is 0. The van der Waals surface area contributed by atoms with Gasteiger partial charge >= 0.3 is 0 Å². The molecule has 27 heavy (non-hydrogen) atoms. The van der Waals surface area contributed by atoms with Crippen molar-refractivity contribution in [2.75, 3.05) is 0 Å². The minimum Gasteiger partial charge on any atom is -0.298 e. The van der Waals surface area contributed by atoms with Gasteiger partial charge in [0.15, 0.2) is 5.16 Å². The Morgan fingerprint density at radius 2 is 1.85 bits per heavy atom. The van der Waals surface area contributed by atoms with E-state index >= 15 is 0 Å². The van der Waals surface area contributed by atoms with E-state index in [1.807, 2.05) is 18.2 Å². The van der Waals surface area contributed by atoms with Gasteiger partial charge in [-0.15, -0.1) is 0 Å². The van der Waals surface area contributed by atoms with Gasteiger partial charge in [-0.25, -0.2) is 4.98 Å². The third kappa shape index (κ3) is 3.64. The molecule has 0 unspecified atom stereocenters. The van der Waals surface area contributed by atoms with E-state index < -0.39 is 0 Å². The summed E-state index contributed by atoms with van der Waals surface area (Å²) in [5.41, 5.74) is 1.01. The van der Waals surface area contributed by atoms with E-state index in [9.17, 15) is 9.59 Å². The van der Waals surface area contributed by atoms with Crippen LogP contribution in [0.1, 0.15) is 25.7 Å². The molecule has 4 nitrogen and oxygen atoms in total. The Balaban J connectivity index is 1.91. The van der Waals surface area contributed by atoms with Crippen LogP contribution in [0.4, 0.5) is 0 Å². The number of fused-ring (bicyclic) bond motifs is 1. The van der Waals surface area contributed by atoms with E-state index in [1.54, 1.807) is 24.3 Å². The maximum Gasteiger partial charge on any atom is 0.266 e. The highest BCUT2D eigenvalue weighted by molar-refractivity contribution is 8.00. The Hall–Kier alpha value is -1.82. The highest BCUT2D eigenvalue weighted by Gasteiger charge is 2.26. The molecule has 1 aliphatic rings. The van der Waals surface area contributed by atoms with E-state index in [1.165, 1.54) is 16.3 Å². The molecule has 0 saturated heterocycles. The third-order valence-corrected chi connectivity index (χ3v) is 6.66. The molecule has 138 valence electrons. The predicted molar refractivity (Wildman–Crippen MR) is 110 cm³/mol. The molecule has 1 saturated carbocycles. The molecule has 1 fully saturated rings. The van der Waals surface area contributed by atoms with Gasteiger partial charge in [0.2, 0.25) is 0 Å². The fourth-order valence-electron chi connectivity index (χ4n) is 3.25. The van der Waals surface area contributed by atoms with Crippen molar-refractivity contribution >= 4 is 51.6 Å². The van der Waals surface area contributed by atoms with Crippen LogP contribution < -0.4 is 5.56 Å². The third-order valence-electron chi connectivity index (χ3n) is 4.65. The maximum atomic E-state index is 13.2. The smallest absolute Gasteiger partial charge is 0.266 e. The molecule has 7 heteroatoms. The van der Waals surface area contributed by atoms with Gasteiger partial charge < -0.3 is 0 Å². The summed E-state index contributed by atoms with van der Waals surface area (Å²) in [4.78, 5) is 30.2. The van der Waals surface area contributed by atoms with Crippen molar-refractivity contribution in [2.24, 2.45) is 0 Å². The molecule has 4 rings (SSSR count). The number of rotatable bonds is 3. The second-order valence-corrected chi connectivity index (χ2v) is 8.45. The summed E-state index contributed by atoms with van der Waals surface area (Å²) in [6, 6.07) is 12.2. The van der Waals surface area contributed by atoms with Crippen molar-refractivity contribution in [3.63, 3.8) is 0 Å². The summed E-state index contributed by atoms with van der Waals surface area (Å²) in [6.45, 7) is 0. The van der Waals surface area contributed by atoms with Crippen molar-refractivity contribution < 1.29 is 4.79 Å². The number of Topliss-reactive ketones (excluding diaryl/α,β-unsaturated/α-hetero) is 1. The lowest BCUT2D eigenvalue weighted by molar-refractivity contribution is -0.119. The maximum absolute atomic E-state index is 13.2. The number of ketones is 1. The van der Waals surface area contributed by atoms with Gasteiger partial charge in [-0.2, -0.15) is 0 Å². The quantitative estimate of drug-likeness (QED) is 0.541. The molecule has 1 aromatic heterocycles. The molecule has 3 aromatic rings. The van der Waals surface area contributed by atoms with E-state index in [0.717, 1.165) is 19.3 Å². The molecule has 0 radical (unpaired) electrons. The van der Waals surface area contributed by atoms with Gasteiger partial charge in [-0.05, 0) is 43.2 Å². The van der Waals surface area contributed by atoms with Crippen molar-refractivity contribution in [3.05, 3.63) is 62.9 Å². The molecule has 1 atom stereocenters. The number of benzene rings is 2. The number of carbonyl (C=O) groups is 1. The molecule has 0 N–H and O–H groups in total. The van der Waals surface area contributed by atoms with Crippen LogP contribution in [-0.4, -0.2) is 20.6 Å². The second-order valence-electron chi connectivity index (χ2n) is 6.47. The van der Waals surface area contributed by atoms with E-state index in [0.29, 0.717) is 38.2 Å². The van der Waals surface area contributed by atoms with E-state index in [4.69, 9.17) is 28.2 Å². The molecule has 0 spiro atoms. The van der Waals surface area contributed by atoms with Crippen molar-refractivity contribution in [2.45, 2.75) is 36.1 Å². The first kappa shape index (κ1) is 18.5. The lowest BCUT2D eigenvalue weighted by Crippen LogP contribution is -2.26. The Kier molecular flexibility index (Phi) is 5.26. The predicted octanol–water partition coefficient (Wildman–Crippen LogP) is 5.30.